The molecule has 1 saturated heterocycles. The molecule has 0 aromatic heterocycles. The summed E-state index contributed by atoms with van der Waals surface area (Å²) in [5.74, 6) is 0.0686. The zero-order chi connectivity index (χ0) is 13.9. The number of nitrogens with zero attached hydrogens (tertiary/aromatic N) is 2. The molecular weight excluding hydrogens is 250 g/mol. The Hall–Kier alpha value is -1.86. The molecule has 104 valence electrons. The molecule has 2 unspecified atom stereocenters. The van der Waals surface area contributed by atoms with Crippen molar-refractivity contribution in [1.82, 2.24) is 10.2 Å². The molecule has 1 aromatic carbocycles. The van der Waals surface area contributed by atoms with Gasteiger partial charge in [-0.2, -0.15) is 5.26 Å². The highest BCUT2D eigenvalue weighted by molar-refractivity contribution is 5.85. The van der Waals surface area contributed by atoms with Crippen molar-refractivity contribution in [2.75, 3.05) is 19.6 Å². The summed E-state index contributed by atoms with van der Waals surface area (Å²) < 4.78 is 0. The number of fused-ring (bicyclic) bond motifs is 1. The third-order valence-electron chi connectivity index (χ3n) is 4.34. The fourth-order valence-corrected chi connectivity index (χ4v) is 3.29. The van der Waals surface area contributed by atoms with Crippen molar-refractivity contribution >= 4 is 5.91 Å². The van der Waals surface area contributed by atoms with E-state index >= 15 is 0 Å². The first-order chi connectivity index (χ1) is 9.81. The number of rotatable bonds is 1. The summed E-state index contributed by atoms with van der Waals surface area (Å²) in [6.07, 6.45) is 3.01. The van der Waals surface area contributed by atoms with Gasteiger partial charge in [0.1, 0.15) is 6.04 Å². The van der Waals surface area contributed by atoms with Crippen LogP contribution in [0.2, 0.25) is 0 Å². The van der Waals surface area contributed by atoms with Crippen LogP contribution in [0.3, 0.4) is 0 Å². The van der Waals surface area contributed by atoms with Crippen molar-refractivity contribution in [2.45, 2.75) is 31.2 Å². The van der Waals surface area contributed by atoms with E-state index in [1.54, 1.807) is 4.90 Å². The van der Waals surface area contributed by atoms with Crippen molar-refractivity contribution in [3.05, 3.63) is 35.4 Å². The van der Waals surface area contributed by atoms with Crippen LogP contribution in [-0.2, 0) is 11.2 Å². The monoisotopic (exact) mass is 269 g/mol. The lowest BCUT2D eigenvalue weighted by molar-refractivity contribution is -0.135. The number of carbonyl (C=O) groups excluding carboxylic acids is 1. The minimum Gasteiger partial charge on any atom is -0.324 e. The Morgan fingerprint density at radius 1 is 1.40 bits per heavy atom. The molecule has 1 heterocycles. The van der Waals surface area contributed by atoms with Gasteiger partial charge in [0.2, 0.25) is 5.91 Å². The Kier molecular flexibility index (Phi) is 3.70. The molecule has 0 bridgehead atoms. The first-order valence-electron chi connectivity index (χ1n) is 7.30. The largest absolute Gasteiger partial charge is 0.324 e. The molecule has 2 atom stereocenters. The maximum absolute atomic E-state index is 12.8. The second kappa shape index (κ2) is 5.64. The van der Waals surface area contributed by atoms with Crippen molar-refractivity contribution in [2.24, 2.45) is 0 Å². The summed E-state index contributed by atoms with van der Waals surface area (Å²) in [6.45, 7) is 1.99. The van der Waals surface area contributed by atoms with E-state index in [0.717, 1.165) is 25.8 Å². The van der Waals surface area contributed by atoms with E-state index in [1.165, 1.54) is 11.1 Å². The van der Waals surface area contributed by atoms with E-state index in [4.69, 9.17) is 0 Å². The number of nitriles is 1. The molecule has 0 radical (unpaired) electrons. The molecule has 2 aliphatic rings. The quantitative estimate of drug-likeness (QED) is 0.839. The zero-order valence-corrected chi connectivity index (χ0v) is 11.5. The molecule has 1 aromatic rings. The molecule has 3 rings (SSSR count). The molecule has 4 heteroatoms. The Balaban J connectivity index is 1.86. The third kappa shape index (κ3) is 2.30. The fraction of sp³-hybridized carbons (Fsp3) is 0.500. The van der Waals surface area contributed by atoms with Crippen LogP contribution in [0.1, 0.15) is 29.9 Å². The van der Waals surface area contributed by atoms with Crippen LogP contribution < -0.4 is 5.32 Å². The number of aryl methyl sites for hydroxylation is 1. The summed E-state index contributed by atoms with van der Waals surface area (Å²) in [7, 11) is 0. The molecule has 20 heavy (non-hydrogen) atoms. The molecule has 0 spiro atoms. The number of hydrogen-bond acceptors (Lipinski definition) is 3. The highest BCUT2D eigenvalue weighted by Crippen LogP contribution is 2.33. The Morgan fingerprint density at radius 2 is 2.25 bits per heavy atom. The summed E-state index contributed by atoms with van der Waals surface area (Å²) in [6, 6.07) is 10.1. The van der Waals surface area contributed by atoms with Crippen molar-refractivity contribution < 1.29 is 4.79 Å². The maximum Gasteiger partial charge on any atom is 0.231 e. The van der Waals surface area contributed by atoms with Gasteiger partial charge in [0, 0.05) is 19.6 Å². The van der Waals surface area contributed by atoms with Gasteiger partial charge in [0.05, 0.1) is 12.0 Å². The predicted octanol–water partition coefficient (Wildman–Crippen LogP) is 1.43. The van der Waals surface area contributed by atoms with Crippen LogP contribution in [0.4, 0.5) is 0 Å². The SMILES string of the molecule is N#CC1CNCCN1C(=O)C1CCCc2ccccc21. The van der Waals surface area contributed by atoms with Gasteiger partial charge in [-0.25, -0.2) is 0 Å². The van der Waals surface area contributed by atoms with Gasteiger partial charge in [-0.15, -0.1) is 0 Å². The predicted molar refractivity (Wildman–Crippen MR) is 76.1 cm³/mol. The highest BCUT2D eigenvalue weighted by atomic mass is 16.2. The first kappa shape index (κ1) is 13.1. The van der Waals surface area contributed by atoms with Gasteiger partial charge in [-0.05, 0) is 30.4 Å². The average Bonchev–Trinajstić information content (AvgIpc) is 2.53. The van der Waals surface area contributed by atoms with Gasteiger partial charge < -0.3 is 10.2 Å². The lowest BCUT2D eigenvalue weighted by Crippen LogP contribution is -2.54. The van der Waals surface area contributed by atoms with E-state index in [-0.39, 0.29) is 17.9 Å². The Morgan fingerprint density at radius 3 is 3.10 bits per heavy atom. The van der Waals surface area contributed by atoms with E-state index in [9.17, 15) is 10.1 Å². The lowest BCUT2D eigenvalue weighted by atomic mass is 9.82. The normalized spacial score (nSPS) is 25.6. The second-order valence-electron chi connectivity index (χ2n) is 5.52. The minimum atomic E-state index is -0.328. The number of carbonyl (C=O) groups is 1. The molecule has 1 fully saturated rings. The number of nitrogens with one attached hydrogen (secondary N) is 1. The van der Waals surface area contributed by atoms with Crippen LogP contribution in [0.25, 0.3) is 0 Å². The van der Waals surface area contributed by atoms with Crippen LogP contribution in [0, 0.1) is 11.3 Å². The molecule has 1 N–H and O–H groups in total. The lowest BCUT2D eigenvalue weighted by Gasteiger charge is -2.36. The van der Waals surface area contributed by atoms with E-state index in [0.29, 0.717) is 13.1 Å². The van der Waals surface area contributed by atoms with Gasteiger partial charge in [-0.1, -0.05) is 24.3 Å². The van der Waals surface area contributed by atoms with Crippen LogP contribution in [0.15, 0.2) is 24.3 Å². The number of piperazine rings is 1. The van der Waals surface area contributed by atoms with Gasteiger partial charge in [0.15, 0.2) is 0 Å². The minimum absolute atomic E-state index is 0.0612. The van der Waals surface area contributed by atoms with E-state index in [1.807, 2.05) is 12.1 Å². The molecule has 4 nitrogen and oxygen atoms in total. The summed E-state index contributed by atoms with van der Waals surface area (Å²) >= 11 is 0. The highest BCUT2D eigenvalue weighted by Gasteiger charge is 2.34. The molecule has 1 aliphatic carbocycles. The van der Waals surface area contributed by atoms with Crippen molar-refractivity contribution in [3.8, 4) is 6.07 Å². The average molecular weight is 269 g/mol. The topological polar surface area (TPSA) is 56.1 Å². The Labute approximate surface area is 119 Å². The standard InChI is InChI=1S/C16H19N3O/c17-10-13-11-18-8-9-19(13)16(20)15-7-3-5-12-4-1-2-6-14(12)15/h1-2,4,6,13,15,18H,3,5,7-9,11H2. The molecular formula is C16H19N3O. The Bertz CT molecular complexity index is 549. The summed E-state index contributed by atoms with van der Waals surface area (Å²) in [5, 5.41) is 12.4. The second-order valence-corrected chi connectivity index (χ2v) is 5.52. The van der Waals surface area contributed by atoms with Crippen LogP contribution in [-0.4, -0.2) is 36.5 Å². The smallest absolute Gasteiger partial charge is 0.231 e. The van der Waals surface area contributed by atoms with Crippen molar-refractivity contribution in [1.29, 1.82) is 5.26 Å². The van der Waals surface area contributed by atoms with Crippen molar-refractivity contribution in [3.63, 3.8) is 0 Å². The first-order valence-corrected chi connectivity index (χ1v) is 7.30. The van der Waals surface area contributed by atoms with Crippen LogP contribution in [0.5, 0.6) is 0 Å². The van der Waals surface area contributed by atoms with Gasteiger partial charge in [-0.3, -0.25) is 4.79 Å². The van der Waals surface area contributed by atoms with Gasteiger partial charge in [0.25, 0.3) is 0 Å². The maximum atomic E-state index is 12.8. The van der Waals surface area contributed by atoms with Crippen LogP contribution >= 0.6 is 0 Å². The van der Waals surface area contributed by atoms with E-state index < -0.39 is 0 Å². The molecule has 0 saturated carbocycles. The number of amides is 1. The summed E-state index contributed by atoms with van der Waals surface area (Å²) in [4.78, 5) is 14.6. The summed E-state index contributed by atoms with van der Waals surface area (Å²) in [5.41, 5.74) is 2.46. The van der Waals surface area contributed by atoms with E-state index in [2.05, 4.69) is 23.5 Å². The zero-order valence-electron chi connectivity index (χ0n) is 11.5. The fourth-order valence-electron chi connectivity index (χ4n) is 3.29. The molecule has 1 amide bonds. The number of benzene rings is 1. The number of hydrogen-bond donors (Lipinski definition) is 1. The third-order valence-corrected chi connectivity index (χ3v) is 4.34. The molecule has 1 aliphatic heterocycles. The van der Waals surface area contributed by atoms with Gasteiger partial charge >= 0.3 is 0 Å².